The molecule has 3 rings (SSSR count). The fourth-order valence-corrected chi connectivity index (χ4v) is 4.32. The van der Waals surface area contributed by atoms with Crippen LogP contribution in [-0.2, 0) is 16.0 Å². The lowest BCUT2D eigenvalue weighted by Gasteiger charge is -2.35. The van der Waals surface area contributed by atoms with E-state index in [-0.39, 0.29) is 11.9 Å². The van der Waals surface area contributed by atoms with Crippen LogP contribution in [0.2, 0.25) is 0 Å². The Kier molecular flexibility index (Phi) is 5.94. The van der Waals surface area contributed by atoms with E-state index in [4.69, 9.17) is 10.5 Å². The highest BCUT2D eigenvalue weighted by atomic mass is 16.5. The van der Waals surface area contributed by atoms with Crippen LogP contribution in [0.25, 0.3) is 0 Å². The SMILES string of the molecule is COC1CCN([C@H]2CCC[C@H]2N(C)C(=O)Cc2ccc(C(N)=O)cc2)C1. The van der Waals surface area contributed by atoms with Gasteiger partial charge in [-0.25, -0.2) is 0 Å². The van der Waals surface area contributed by atoms with Gasteiger partial charge in [-0.2, -0.15) is 0 Å². The first-order valence-electron chi connectivity index (χ1n) is 9.41. The van der Waals surface area contributed by atoms with Gasteiger partial charge < -0.3 is 15.4 Å². The highest BCUT2D eigenvalue weighted by Crippen LogP contribution is 2.31. The Morgan fingerprint density at radius 3 is 2.58 bits per heavy atom. The third kappa shape index (κ3) is 4.07. The number of rotatable bonds is 6. The molecule has 0 aromatic heterocycles. The predicted octanol–water partition coefficient (Wildman–Crippen LogP) is 1.43. The minimum Gasteiger partial charge on any atom is -0.380 e. The van der Waals surface area contributed by atoms with Gasteiger partial charge in [0.2, 0.25) is 11.8 Å². The van der Waals surface area contributed by atoms with E-state index in [1.807, 2.05) is 24.1 Å². The molecule has 0 radical (unpaired) electrons. The molecule has 26 heavy (non-hydrogen) atoms. The van der Waals surface area contributed by atoms with Crippen molar-refractivity contribution in [3.05, 3.63) is 35.4 Å². The van der Waals surface area contributed by atoms with Crippen molar-refractivity contribution in [2.75, 3.05) is 27.2 Å². The number of benzene rings is 1. The lowest BCUT2D eigenvalue weighted by atomic mass is 10.1. The van der Waals surface area contributed by atoms with Gasteiger partial charge in [-0.05, 0) is 43.4 Å². The summed E-state index contributed by atoms with van der Waals surface area (Å²) in [6.45, 7) is 2.02. The first-order chi connectivity index (χ1) is 12.5. The molecule has 2 aliphatic rings. The topological polar surface area (TPSA) is 75.9 Å². The molecule has 1 aliphatic heterocycles. The van der Waals surface area contributed by atoms with Gasteiger partial charge in [0.15, 0.2) is 0 Å². The smallest absolute Gasteiger partial charge is 0.248 e. The molecule has 2 amide bonds. The highest BCUT2D eigenvalue weighted by molar-refractivity contribution is 5.92. The fraction of sp³-hybridized carbons (Fsp3) is 0.600. The Morgan fingerprint density at radius 1 is 1.23 bits per heavy atom. The van der Waals surface area contributed by atoms with E-state index in [1.54, 1.807) is 19.2 Å². The van der Waals surface area contributed by atoms with Crippen LogP contribution >= 0.6 is 0 Å². The molecule has 1 aromatic carbocycles. The minimum absolute atomic E-state index is 0.121. The molecule has 6 nitrogen and oxygen atoms in total. The molecular weight excluding hydrogens is 330 g/mol. The number of methoxy groups -OCH3 is 1. The van der Waals surface area contributed by atoms with Crippen molar-refractivity contribution in [3.63, 3.8) is 0 Å². The molecule has 2 fully saturated rings. The average Bonchev–Trinajstić information content (AvgIpc) is 3.30. The van der Waals surface area contributed by atoms with E-state index >= 15 is 0 Å². The maximum Gasteiger partial charge on any atom is 0.248 e. The first-order valence-corrected chi connectivity index (χ1v) is 9.41. The molecule has 2 N–H and O–H groups in total. The number of carbonyl (C=O) groups is 2. The van der Waals surface area contributed by atoms with Crippen molar-refractivity contribution >= 4 is 11.8 Å². The summed E-state index contributed by atoms with van der Waals surface area (Å²) in [6, 6.07) is 7.67. The van der Waals surface area contributed by atoms with Crippen LogP contribution in [0.15, 0.2) is 24.3 Å². The highest BCUT2D eigenvalue weighted by Gasteiger charge is 2.39. The summed E-state index contributed by atoms with van der Waals surface area (Å²) in [4.78, 5) is 28.4. The van der Waals surface area contributed by atoms with Crippen LogP contribution in [0.1, 0.15) is 41.6 Å². The molecule has 1 saturated heterocycles. The van der Waals surface area contributed by atoms with Crippen molar-refractivity contribution in [2.24, 2.45) is 5.73 Å². The molecule has 3 atom stereocenters. The van der Waals surface area contributed by atoms with Gasteiger partial charge >= 0.3 is 0 Å². The molecule has 142 valence electrons. The van der Waals surface area contributed by atoms with Gasteiger partial charge in [-0.15, -0.1) is 0 Å². The summed E-state index contributed by atoms with van der Waals surface area (Å²) in [6.07, 6.45) is 5.10. The summed E-state index contributed by atoms with van der Waals surface area (Å²) < 4.78 is 5.49. The largest absolute Gasteiger partial charge is 0.380 e. The number of likely N-dealkylation sites (N-methyl/N-ethyl adjacent to an activating group) is 1. The summed E-state index contributed by atoms with van der Waals surface area (Å²) in [7, 11) is 3.70. The molecule has 1 unspecified atom stereocenters. The monoisotopic (exact) mass is 359 g/mol. The summed E-state index contributed by atoms with van der Waals surface area (Å²) in [5.74, 6) is -0.329. The number of carbonyl (C=O) groups excluding carboxylic acids is 2. The number of primary amides is 1. The van der Waals surface area contributed by atoms with Gasteiger partial charge in [0.1, 0.15) is 0 Å². The minimum atomic E-state index is -0.450. The number of nitrogens with zero attached hydrogens (tertiary/aromatic N) is 2. The van der Waals surface area contributed by atoms with Gasteiger partial charge in [0.25, 0.3) is 0 Å². The van der Waals surface area contributed by atoms with Crippen molar-refractivity contribution in [1.82, 2.24) is 9.80 Å². The van der Waals surface area contributed by atoms with Gasteiger partial charge in [-0.1, -0.05) is 12.1 Å². The van der Waals surface area contributed by atoms with Crippen LogP contribution < -0.4 is 5.73 Å². The maximum absolute atomic E-state index is 12.8. The summed E-state index contributed by atoms with van der Waals surface area (Å²) in [5, 5.41) is 0. The van der Waals surface area contributed by atoms with Crippen LogP contribution in [0.3, 0.4) is 0 Å². The quantitative estimate of drug-likeness (QED) is 0.834. The molecule has 1 heterocycles. The Hall–Kier alpha value is -1.92. The second kappa shape index (κ2) is 8.18. The van der Waals surface area contributed by atoms with Crippen molar-refractivity contribution in [1.29, 1.82) is 0 Å². The molecule has 1 saturated carbocycles. The average molecular weight is 359 g/mol. The normalized spacial score (nSPS) is 26.2. The lowest BCUT2D eigenvalue weighted by molar-refractivity contribution is -0.132. The third-order valence-corrected chi connectivity index (χ3v) is 5.91. The Bertz CT molecular complexity index is 646. The molecule has 1 aliphatic carbocycles. The fourth-order valence-electron chi connectivity index (χ4n) is 4.32. The third-order valence-electron chi connectivity index (χ3n) is 5.91. The van der Waals surface area contributed by atoms with Crippen molar-refractivity contribution in [3.8, 4) is 0 Å². The molecule has 1 aromatic rings. The zero-order valence-corrected chi connectivity index (χ0v) is 15.7. The predicted molar refractivity (Wildman–Crippen MR) is 99.8 cm³/mol. The molecule has 0 bridgehead atoms. The number of hydrogen-bond acceptors (Lipinski definition) is 4. The second-order valence-electron chi connectivity index (χ2n) is 7.45. The van der Waals surface area contributed by atoms with Crippen LogP contribution in [-0.4, -0.2) is 67.0 Å². The zero-order valence-electron chi connectivity index (χ0n) is 15.7. The number of hydrogen-bond donors (Lipinski definition) is 1. The first kappa shape index (κ1) is 18.9. The van der Waals surface area contributed by atoms with Gasteiger partial charge in [-0.3, -0.25) is 14.5 Å². The Balaban J connectivity index is 1.61. The lowest BCUT2D eigenvalue weighted by Crippen LogP contribution is -2.49. The van der Waals surface area contributed by atoms with E-state index in [9.17, 15) is 9.59 Å². The molecule has 6 heteroatoms. The van der Waals surface area contributed by atoms with E-state index in [0.29, 0.717) is 24.1 Å². The van der Waals surface area contributed by atoms with E-state index in [2.05, 4.69) is 4.90 Å². The summed E-state index contributed by atoms with van der Waals surface area (Å²) in [5.41, 5.74) is 6.63. The Labute approximate surface area is 155 Å². The van der Waals surface area contributed by atoms with Gasteiger partial charge in [0.05, 0.1) is 12.5 Å². The number of likely N-dealkylation sites (tertiary alicyclic amines) is 1. The second-order valence-corrected chi connectivity index (χ2v) is 7.45. The molecule has 0 spiro atoms. The molecular formula is C20H29N3O3. The van der Waals surface area contributed by atoms with Crippen molar-refractivity contribution in [2.45, 2.75) is 50.3 Å². The van der Waals surface area contributed by atoms with E-state index in [1.165, 1.54) is 0 Å². The Morgan fingerprint density at radius 2 is 1.96 bits per heavy atom. The van der Waals surface area contributed by atoms with Gasteiger partial charge in [0, 0.05) is 44.9 Å². The van der Waals surface area contributed by atoms with Crippen LogP contribution in [0.4, 0.5) is 0 Å². The van der Waals surface area contributed by atoms with Crippen molar-refractivity contribution < 1.29 is 14.3 Å². The summed E-state index contributed by atoms with van der Waals surface area (Å²) >= 11 is 0. The van der Waals surface area contributed by atoms with E-state index < -0.39 is 5.91 Å². The maximum atomic E-state index is 12.8. The standard InChI is InChI=1S/C20H29N3O3/c1-22(19(24)12-14-6-8-15(9-7-14)20(21)25)17-4-3-5-18(17)23-11-10-16(13-23)26-2/h6-9,16-18H,3-5,10-13H2,1-2H3,(H2,21,25)/t16?,17-,18+/m1/s1. The number of nitrogens with two attached hydrogens (primary N) is 1. The number of amides is 2. The van der Waals surface area contributed by atoms with Crippen LogP contribution in [0.5, 0.6) is 0 Å². The number of ether oxygens (including phenoxy) is 1. The van der Waals surface area contributed by atoms with Crippen LogP contribution in [0, 0.1) is 0 Å². The zero-order chi connectivity index (χ0) is 18.7. The van der Waals surface area contributed by atoms with E-state index in [0.717, 1.165) is 44.3 Å².